The predicted molar refractivity (Wildman–Crippen MR) is 90.1 cm³/mol. The molecule has 0 N–H and O–H groups in total. The third-order valence-electron chi connectivity index (χ3n) is 4.16. The lowest BCUT2D eigenvalue weighted by molar-refractivity contribution is -0.132. The van der Waals surface area contributed by atoms with Crippen molar-refractivity contribution in [3.8, 4) is 11.3 Å². The van der Waals surface area contributed by atoms with Crippen molar-refractivity contribution in [3.63, 3.8) is 0 Å². The zero-order valence-electron chi connectivity index (χ0n) is 14.1. The molecule has 3 aromatic rings. The van der Waals surface area contributed by atoms with Gasteiger partial charge in [-0.05, 0) is 43.3 Å². The van der Waals surface area contributed by atoms with Crippen molar-refractivity contribution in [1.82, 2.24) is 9.88 Å². The smallest absolute Gasteiger partial charge is 0.223 e. The van der Waals surface area contributed by atoms with E-state index in [1.165, 1.54) is 12.1 Å². The first-order valence-corrected chi connectivity index (χ1v) is 8.04. The van der Waals surface area contributed by atoms with Crippen LogP contribution in [0.3, 0.4) is 0 Å². The van der Waals surface area contributed by atoms with E-state index in [1.807, 2.05) is 13.0 Å². The fourth-order valence-electron chi connectivity index (χ4n) is 2.50. The van der Waals surface area contributed by atoms with Gasteiger partial charge in [-0.1, -0.05) is 0 Å². The van der Waals surface area contributed by atoms with Crippen molar-refractivity contribution in [2.45, 2.75) is 25.8 Å². The number of halogens is 1. The van der Waals surface area contributed by atoms with E-state index in [0.29, 0.717) is 18.1 Å². The van der Waals surface area contributed by atoms with Gasteiger partial charge in [0.1, 0.15) is 11.6 Å². The molecule has 0 fully saturated rings. The van der Waals surface area contributed by atoms with Crippen LogP contribution in [-0.4, -0.2) is 22.8 Å². The fourth-order valence-corrected chi connectivity index (χ4v) is 2.50. The van der Waals surface area contributed by atoms with E-state index in [9.17, 15) is 9.18 Å². The van der Waals surface area contributed by atoms with Crippen LogP contribution < -0.4 is 0 Å². The van der Waals surface area contributed by atoms with Gasteiger partial charge in [0, 0.05) is 25.5 Å². The first-order chi connectivity index (χ1) is 12.0. The highest BCUT2D eigenvalue weighted by Crippen LogP contribution is 2.22. The molecule has 130 valence electrons. The van der Waals surface area contributed by atoms with Gasteiger partial charge in [0.2, 0.25) is 5.91 Å². The van der Waals surface area contributed by atoms with Crippen molar-refractivity contribution in [3.05, 3.63) is 66.3 Å². The molecule has 0 bridgehead atoms. The molecular weight excluding hydrogens is 323 g/mol. The number of hydrogen-bond acceptors (Lipinski definition) is 4. The number of carbonyl (C=O) groups excluding carboxylic acids is 1. The lowest BCUT2D eigenvalue weighted by Gasteiger charge is -2.23. The summed E-state index contributed by atoms with van der Waals surface area (Å²) in [6, 6.07) is 9.50. The SMILES string of the molecule is CC(c1ccco1)N(C)C(=O)CCc1ncc(-c2ccc(F)cc2)o1. The van der Waals surface area contributed by atoms with E-state index in [-0.39, 0.29) is 24.2 Å². The summed E-state index contributed by atoms with van der Waals surface area (Å²) in [7, 11) is 1.75. The normalized spacial score (nSPS) is 12.1. The Hall–Kier alpha value is -2.89. The van der Waals surface area contributed by atoms with Crippen LogP contribution in [0.15, 0.2) is 57.7 Å². The second-order valence-corrected chi connectivity index (χ2v) is 5.82. The Morgan fingerprint density at radius 3 is 2.72 bits per heavy atom. The number of furan rings is 1. The standard InChI is InChI=1S/C19H19FN2O3/c1-13(16-4-3-11-24-16)22(2)19(23)10-9-18-21-12-17(25-18)14-5-7-15(20)8-6-14/h3-8,11-13H,9-10H2,1-2H3. The average molecular weight is 342 g/mol. The lowest BCUT2D eigenvalue weighted by atomic mass is 10.2. The maximum Gasteiger partial charge on any atom is 0.223 e. The summed E-state index contributed by atoms with van der Waals surface area (Å²) in [4.78, 5) is 18.2. The van der Waals surface area contributed by atoms with E-state index in [4.69, 9.17) is 8.83 Å². The molecule has 0 saturated carbocycles. The third kappa shape index (κ3) is 3.96. The van der Waals surface area contributed by atoms with Crippen molar-refractivity contribution < 1.29 is 18.0 Å². The molecule has 0 aliphatic heterocycles. The maximum atomic E-state index is 13.0. The number of aromatic nitrogens is 1. The molecule has 2 heterocycles. The molecule has 25 heavy (non-hydrogen) atoms. The second-order valence-electron chi connectivity index (χ2n) is 5.82. The van der Waals surface area contributed by atoms with Crippen LogP contribution in [0.1, 0.15) is 31.0 Å². The van der Waals surface area contributed by atoms with Gasteiger partial charge in [0.25, 0.3) is 0 Å². The monoisotopic (exact) mass is 342 g/mol. The zero-order chi connectivity index (χ0) is 17.8. The summed E-state index contributed by atoms with van der Waals surface area (Å²) in [5.41, 5.74) is 0.745. The van der Waals surface area contributed by atoms with Crippen molar-refractivity contribution >= 4 is 5.91 Å². The van der Waals surface area contributed by atoms with Gasteiger partial charge in [-0.3, -0.25) is 4.79 Å². The van der Waals surface area contributed by atoms with Gasteiger partial charge in [-0.15, -0.1) is 0 Å². The number of nitrogens with zero attached hydrogens (tertiary/aromatic N) is 2. The van der Waals surface area contributed by atoms with Gasteiger partial charge in [0.05, 0.1) is 18.5 Å². The number of oxazole rings is 1. The average Bonchev–Trinajstić information content (AvgIpc) is 3.31. The van der Waals surface area contributed by atoms with Crippen LogP contribution in [0.4, 0.5) is 4.39 Å². The largest absolute Gasteiger partial charge is 0.467 e. The molecule has 1 aromatic carbocycles. The highest BCUT2D eigenvalue weighted by molar-refractivity contribution is 5.76. The minimum absolute atomic E-state index is 0.0227. The molecule has 0 aliphatic rings. The fraction of sp³-hybridized carbons (Fsp3) is 0.263. The van der Waals surface area contributed by atoms with E-state index in [2.05, 4.69) is 4.98 Å². The van der Waals surface area contributed by atoms with Crippen LogP contribution in [0.2, 0.25) is 0 Å². The lowest BCUT2D eigenvalue weighted by Crippen LogP contribution is -2.29. The summed E-state index contributed by atoms with van der Waals surface area (Å²) < 4.78 is 24.0. The maximum absolute atomic E-state index is 13.0. The minimum Gasteiger partial charge on any atom is -0.467 e. The highest BCUT2D eigenvalue weighted by atomic mass is 19.1. The van der Waals surface area contributed by atoms with Gasteiger partial charge in [-0.25, -0.2) is 9.37 Å². The van der Waals surface area contributed by atoms with E-state index in [0.717, 1.165) is 11.3 Å². The number of rotatable bonds is 6. The molecular formula is C19H19FN2O3. The number of benzene rings is 1. The van der Waals surface area contributed by atoms with Crippen molar-refractivity contribution in [2.75, 3.05) is 7.05 Å². The van der Waals surface area contributed by atoms with E-state index < -0.39 is 0 Å². The molecule has 0 saturated heterocycles. The predicted octanol–water partition coefficient (Wildman–Crippen LogP) is 4.23. The Morgan fingerprint density at radius 2 is 2.04 bits per heavy atom. The molecule has 2 aromatic heterocycles. The number of amides is 1. The molecule has 0 aliphatic carbocycles. The Morgan fingerprint density at radius 1 is 1.28 bits per heavy atom. The Bertz CT molecular complexity index is 825. The summed E-state index contributed by atoms with van der Waals surface area (Å²) in [5, 5.41) is 0. The summed E-state index contributed by atoms with van der Waals surface area (Å²) in [6.07, 6.45) is 3.86. The van der Waals surface area contributed by atoms with Crippen LogP contribution in [0.25, 0.3) is 11.3 Å². The molecule has 6 heteroatoms. The van der Waals surface area contributed by atoms with Gasteiger partial charge >= 0.3 is 0 Å². The summed E-state index contributed by atoms with van der Waals surface area (Å²) in [5.74, 6) is 1.45. The molecule has 5 nitrogen and oxygen atoms in total. The zero-order valence-corrected chi connectivity index (χ0v) is 14.1. The number of aryl methyl sites for hydroxylation is 1. The van der Waals surface area contributed by atoms with Crippen LogP contribution in [0, 0.1) is 5.82 Å². The van der Waals surface area contributed by atoms with Crippen LogP contribution >= 0.6 is 0 Å². The number of hydrogen-bond donors (Lipinski definition) is 0. The van der Waals surface area contributed by atoms with Crippen LogP contribution in [0.5, 0.6) is 0 Å². The Labute approximate surface area is 145 Å². The molecule has 1 amide bonds. The molecule has 0 radical (unpaired) electrons. The first kappa shape index (κ1) is 17.0. The topological polar surface area (TPSA) is 59.5 Å². The van der Waals surface area contributed by atoms with E-state index >= 15 is 0 Å². The molecule has 3 rings (SSSR count). The first-order valence-electron chi connectivity index (χ1n) is 8.04. The summed E-state index contributed by atoms with van der Waals surface area (Å²) >= 11 is 0. The van der Waals surface area contributed by atoms with Gasteiger partial charge < -0.3 is 13.7 Å². The van der Waals surface area contributed by atoms with Crippen molar-refractivity contribution in [1.29, 1.82) is 0 Å². The quantitative estimate of drug-likeness (QED) is 0.673. The highest BCUT2D eigenvalue weighted by Gasteiger charge is 2.20. The van der Waals surface area contributed by atoms with E-state index in [1.54, 1.807) is 42.6 Å². The Kier molecular flexibility index (Phi) is 4.97. The van der Waals surface area contributed by atoms with Crippen LogP contribution in [-0.2, 0) is 11.2 Å². The minimum atomic E-state index is -0.303. The van der Waals surface area contributed by atoms with Gasteiger partial charge in [-0.2, -0.15) is 0 Å². The molecule has 1 atom stereocenters. The van der Waals surface area contributed by atoms with Crippen molar-refractivity contribution in [2.24, 2.45) is 0 Å². The second kappa shape index (κ2) is 7.34. The number of carbonyl (C=O) groups is 1. The molecule has 1 unspecified atom stereocenters. The molecule has 0 spiro atoms. The van der Waals surface area contributed by atoms with Gasteiger partial charge in [0.15, 0.2) is 11.7 Å². The Balaban J connectivity index is 1.58. The third-order valence-corrected chi connectivity index (χ3v) is 4.16. The summed E-state index contributed by atoms with van der Waals surface area (Å²) in [6.45, 7) is 1.91.